The van der Waals surface area contributed by atoms with Gasteiger partial charge >= 0.3 is 5.97 Å². The topological polar surface area (TPSA) is 119 Å². The van der Waals surface area contributed by atoms with E-state index < -0.39 is 22.5 Å². The van der Waals surface area contributed by atoms with Gasteiger partial charge in [-0.3, -0.25) is 19.7 Å². The molecule has 9 nitrogen and oxygen atoms in total. The van der Waals surface area contributed by atoms with Gasteiger partial charge < -0.3 is 15.0 Å². The van der Waals surface area contributed by atoms with Crippen LogP contribution in [0, 0.1) is 10.1 Å². The van der Waals surface area contributed by atoms with E-state index in [-0.39, 0.29) is 33.7 Å². The van der Waals surface area contributed by atoms with Crippen LogP contribution in [0.25, 0.3) is 0 Å². The van der Waals surface area contributed by atoms with Crippen LogP contribution in [0.15, 0.2) is 18.2 Å². The predicted molar refractivity (Wildman–Crippen MR) is 111 cm³/mol. The second-order valence-electron chi connectivity index (χ2n) is 6.49. The molecule has 0 radical (unpaired) electrons. The minimum atomic E-state index is -0.767. The van der Waals surface area contributed by atoms with E-state index >= 15 is 0 Å². The van der Waals surface area contributed by atoms with Crippen molar-refractivity contribution in [3.05, 3.63) is 54.9 Å². The molecule has 1 aliphatic rings. The molecule has 0 saturated carbocycles. The van der Waals surface area contributed by atoms with Crippen molar-refractivity contribution in [3.8, 4) is 0 Å². The van der Waals surface area contributed by atoms with E-state index in [1.165, 1.54) is 19.1 Å². The van der Waals surface area contributed by atoms with Gasteiger partial charge in [-0.25, -0.2) is 4.79 Å². The number of hydrogen-bond donors (Lipinski definition) is 1. The number of carbonyl (C=O) groups is 3. The standard InChI is InChI=1S/C19H18ClN3O6S/c1-3-29-19(26)16-12-6-7-22(10(2)24)9-15(12)30-18(16)21-17(25)13-8-11(20)4-5-14(13)23(27)28/h4-5,8H,3,6-7,9H2,1-2H3,(H,21,25). The smallest absolute Gasteiger partial charge is 0.341 e. The zero-order valence-corrected chi connectivity index (χ0v) is 17.8. The maximum atomic E-state index is 12.8. The monoisotopic (exact) mass is 451 g/mol. The molecule has 2 heterocycles. The fourth-order valence-electron chi connectivity index (χ4n) is 3.20. The molecule has 0 spiro atoms. The van der Waals surface area contributed by atoms with Crippen LogP contribution in [-0.2, 0) is 22.5 Å². The third-order valence-electron chi connectivity index (χ3n) is 4.61. The lowest BCUT2D eigenvalue weighted by Crippen LogP contribution is -2.34. The van der Waals surface area contributed by atoms with Gasteiger partial charge in [0.05, 0.1) is 23.6 Å². The Labute approximate surface area is 180 Å². The van der Waals surface area contributed by atoms with Gasteiger partial charge in [-0.1, -0.05) is 11.6 Å². The van der Waals surface area contributed by atoms with Gasteiger partial charge in [0.25, 0.3) is 11.6 Å². The van der Waals surface area contributed by atoms with E-state index in [4.69, 9.17) is 16.3 Å². The van der Waals surface area contributed by atoms with Crippen molar-refractivity contribution >= 4 is 51.4 Å². The van der Waals surface area contributed by atoms with Crippen molar-refractivity contribution in [1.29, 1.82) is 0 Å². The van der Waals surface area contributed by atoms with E-state index in [1.807, 2.05) is 0 Å². The van der Waals surface area contributed by atoms with Gasteiger partial charge in [0.2, 0.25) is 5.91 Å². The van der Waals surface area contributed by atoms with Gasteiger partial charge in [0, 0.05) is 29.4 Å². The number of thiophene rings is 1. The molecule has 30 heavy (non-hydrogen) atoms. The maximum Gasteiger partial charge on any atom is 0.341 e. The first-order chi connectivity index (χ1) is 14.2. The summed E-state index contributed by atoms with van der Waals surface area (Å²) in [6.07, 6.45) is 0.437. The average Bonchev–Trinajstić information content (AvgIpc) is 3.04. The van der Waals surface area contributed by atoms with Crippen LogP contribution in [0.5, 0.6) is 0 Å². The first-order valence-corrected chi connectivity index (χ1v) is 10.2. The van der Waals surface area contributed by atoms with E-state index in [9.17, 15) is 24.5 Å². The number of fused-ring (bicyclic) bond motifs is 1. The lowest BCUT2D eigenvalue weighted by molar-refractivity contribution is -0.385. The number of nitro benzene ring substituents is 1. The third-order valence-corrected chi connectivity index (χ3v) is 5.98. The summed E-state index contributed by atoms with van der Waals surface area (Å²) in [6.45, 7) is 4.04. The summed E-state index contributed by atoms with van der Waals surface area (Å²) < 4.78 is 5.14. The summed E-state index contributed by atoms with van der Waals surface area (Å²) >= 11 is 7.06. The number of benzene rings is 1. The maximum absolute atomic E-state index is 12.8. The molecule has 1 aromatic heterocycles. The summed E-state index contributed by atoms with van der Waals surface area (Å²) in [7, 11) is 0. The molecule has 0 bridgehead atoms. The van der Waals surface area contributed by atoms with Crippen LogP contribution in [0.4, 0.5) is 10.7 Å². The summed E-state index contributed by atoms with van der Waals surface area (Å²) in [5, 5.41) is 14.3. The Morgan fingerprint density at radius 3 is 2.73 bits per heavy atom. The lowest BCUT2D eigenvalue weighted by atomic mass is 10.0. The minimum absolute atomic E-state index is 0.0909. The largest absolute Gasteiger partial charge is 0.462 e. The Kier molecular flexibility index (Phi) is 6.37. The Morgan fingerprint density at radius 1 is 1.37 bits per heavy atom. The van der Waals surface area contributed by atoms with Crippen LogP contribution in [0.3, 0.4) is 0 Å². The first-order valence-electron chi connectivity index (χ1n) is 9.05. The molecule has 11 heteroatoms. The van der Waals surface area contributed by atoms with Crippen molar-refractivity contribution in [3.63, 3.8) is 0 Å². The molecule has 1 aliphatic heterocycles. The number of nitrogens with zero attached hydrogens (tertiary/aromatic N) is 2. The number of halogens is 1. The summed E-state index contributed by atoms with van der Waals surface area (Å²) in [4.78, 5) is 50.1. The zero-order valence-electron chi connectivity index (χ0n) is 16.2. The van der Waals surface area contributed by atoms with Gasteiger partial charge in [-0.05, 0) is 31.0 Å². The molecule has 0 saturated heterocycles. The third kappa shape index (κ3) is 4.29. The summed E-state index contributed by atoms with van der Waals surface area (Å²) in [6, 6.07) is 3.67. The highest BCUT2D eigenvalue weighted by Gasteiger charge is 2.31. The minimum Gasteiger partial charge on any atom is -0.462 e. The molecule has 1 aromatic carbocycles. The molecule has 158 valence electrons. The van der Waals surface area contributed by atoms with Crippen LogP contribution in [-0.4, -0.2) is 40.8 Å². The Bertz CT molecular complexity index is 1050. The highest BCUT2D eigenvalue weighted by Crippen LogP contribution is 2.38. The van der Waals surface area contributed by atoms with Gasteiger partial charge in [0.15, 0.2) is 0 Å². The van der Waals surface area contributed by atoms with Crippen LogP contribution >= 0.6 is 22.9 Å². The lowest BCUT2D eigenvalue weighted by Gasteiger charge is -2.25. The quantitative estimate of drug-likeness (QED) is 0.421. The number of rotatable bonds is 5. The van der Waals surface area contributed by atoms with E-state index in [0.717, 1.165) is 22.3 Å². The highest BCUT2D eigenvalue weighted by atomic mass is 35.5. The van der Waals surface area contributed by atoms with Crippen LogP contribution < -0.4 is 5.32 Å². The molecule has 0 unspecified atom stereocenters. The molecular formula is C19H18ClN3O6S. The van der Waals surface area contributed by atoms with Crippen molar-refractivity contribution in [2.75, 3.05) is 18.5 Å². The van der Waals surface area contributed by atoms with Crippen molar-refractivity contribution in [2.45, 2.75) is 26.8 Å². The molecule has 2 amide bonds. The SMILES string of the molecule is CCOC(=O)c1c(NC(=O)c2cc(Cl)ccc2[N+](=O)[O-])sc2c1CCN(C(C)=O)C2. The number of nitrogens with one attached hydrogen (secondary N) is 1. The molecule has 1 N–H and O–H groups in total. The fourth-order valence-corrected chi connectivity index (χ4v) is 4.62. The number of esters is 1. The fraction of sp³-hybridized carbons (Fsp3) is 0.316. The van der Waals surface area contributed by atoms with Crippen molar-refractivity contribution in [2.24, 2.45) is 0 Å². The predicted octanol–water partition coefficient (Wildman–Crippen LogP) is 3.64. The molecule has 0 aliphatic carbocycles. The Balaban J connectivity index is 2.01. The highest BCUT2D eigenvalue weighted by molar-refractivity contribution is 7.17. The molecule has 2 aromatic rings. The van der Waals surface area contributed by atoms with Gasteiger partial charge in [-0.15, -0.1) is 11.3 Å². The van der Waals surface area contributed by atoms with E-state index in [0.29, 0.717) is 25.1 Å². The molecule has 0 atom stereocenters. The summed E-state index contributed by atoms with van der Waals surface area (Å²) in [5.74, 6) is -1.45. The number of anilines is 1. The van der Waals surface area contributed by atoms with Crippen molar-refractivity contribution in [1.82, 2.24) is 4.90 Å². The van der Waals surface area contributed by atoms with E-state index in [1.54, 1.807) is 11.8 Å². The summed E-state index contributed by atoms with van der Waals surface area (Å²) in [5.41, 5.74) is 0.308. The molecular weight excluding hydrogens is 434 g/mol. The van der Waals surface area contributed by atoms with Gasteiger partial charge in [0.1, 0.15) is 10.6 Å². The zero-order chi connectivity index (χ0) is 22.0. The Morgan fingerprint density at radius 2 is 2.10 bits per heavy atom. The molecule has 0 fully saturated rings. The van der Waals surface area contributed by atoms with Crippen LogP contribution in [0.1, 0.15) is 45.0 Å². The number of carbonyl (C=O) groups excluding carboxylic acids is 3. The number of hydrogen-bond acceptors (Lipinski definition) is 7. The van der Waals surface area contributed by atoms with E-state index in [2.05, 4.69) is 5.32 Å². The second-order valence-corrected chi connectivity index (χ2v) is 8.03. The average molecular weight is 452 g/mol. The van der Waals surface area contributed by atoms with Crippen LogP contribution in [0.2, 0.25) is 5.02 Å². The molecule has 3 rings (SSSR count). The van der Waals surface area contributed by atoms with Crippen molar-refractivity contribution < 1.29 is 24.0 Å². The second kappa shape index (κ2) is 8.80. The normalized spacial score (nSPS) is 12.8. The number of amides is 2. The number of ether oxygens (including phenoxy) is 1. The Hall–Kier alpha value is -2.98. The first kappa shape index (κ1) is 21.7. The number of nitro groups is 1. The van der Waals surface area contributed by atoms with Gasteiger partial charge in [-0.2, -0.15) is 0 Å².